The molecule has 0 radical (unpaired) electrons. The van der Waals surface area contributed by atoms with Crippen LogP contribution in [0.25, 0.3) is 0 Å². The third-order valence-corrected chi connectivity index (χ3v) is 2.17. The predicted molar refractivity (Wildman–Crippen MR) is 61.6 cm³/mol. The molecular formula is C12H16N2O-2. The molecule has 3 nitrogen and oxygen atoms in total. The van der Waals surface area contributed by atoms with Gasteiger partial charge in [0, 0.05) is 0 Å². The van der Waals surface area contributed by atoms with Crippen LogP contribution in [0.15, 0.2) is 18.2 Å². The number of rotatable bonds is 5. The van der Waals surface area contributed by atoms with Crippen LogP contribution in [0, 0.1) is 6.07 Å². The maximum absolute atomic E-state index is 10.5. The van der Waals surface area contributed by atoms with E-state index in [1.165, 1.54) is 4.90 Å². The fourth-order valence-corrected chi connectivity index (χ4v) is 1.24. The minimum Gasteiger partial charge on any atom is -0.501 e. The number of carbonyl (C=O) groups excluding carboxylic acids is 1. The summed E-state index contributed by atoms with van der Waals surface area (Å²) in [5.74, 6) is 0. The van der Waals surface area contributed by atoms with Crippen LogP contribution in [-0.4, -0.2) is 39.0 Å². The van der Waals surface area contributed by atoms with Gasteiger partial charge in [-0.3, -0.25) is 6.07 Å². The second kappa shape index (κ2) is 5.51. The fourth-order valence-electron chi connectivity index (χ4n) is 1.24. The first-order chi connectivity index (χ1) is 7.13. The molecule has 0 aliphatic heterocycles. The third kappa shape index (κ3) is 3.72. The Balaban J connectivity index is 2.69. The van der Waals surface area contributed by atoms with Crippen molar-refractivity contribution < 1.29 is 4.79 Å². The summed E-state index contributed by atoms with van der Waals surface area (Å²) in [6.45, 7) is 0.981. The molecule has 0 spiro atoms. The smallest absolute Gasteiger partial charge is 0.0701 e. The second-order valence-electron chi connectivity index (χ2n) is 3.76. The monoisotopic (exact) mass is 204 g/mol. The average Bonchev–Trinajstić information content (AvgIpc) is 2.25. The predicted octanol–water partition coefficient (Wildman–Crippen LogP) is 1.09. The summed E-state index contributed by atoms with van der Waals surface area (Å²) in [4.78, 5) is 14.0. The van der Waals surface area contributed by atoms with Crippen LogP contribution in [0.1, 0.15) is 5.56 Å². The van der Waals surface area contributed by atoms with Crippen molar-refractivity contribution in [2.75, 3.05) is 32.6 Å². The summed E-state index contributed by atoms with van der Waals surface area (Å²) in [5.41, 5.74) is 1.88. The van der Waals surface area contributed by atoms with Gasteiger partial charge in [-0.05, 0) is 34.1 Å². The Kier molecular flexibility index (Phi) is 4.31. The maximum atomic E-state index is 10.5. The first-order valence-electron chi connectivity index (χ1n) is 4.91. The molecule has 1 aromatic carbocycles. The van der Waals surface area contributed by atoms with Crippen molar-refractivity contribution >= 4 is 12.1 Å². The number of anilines is 1. The number of nitrogens with zero attached hydrogens (tertiary/aromatic N) is 2. The molecule has 15 heavy (non-hydrogen) atoms. The zero-order valence-corrected chi connectivity index (χ0v) is 9.45. The molecule has 0 N–H and O–H groups in total. The van der Waals surface area contributed by atoms with Crippen molar-refractivity contribution in [1.29, 1.82) is 0 Å². The second-order valence-corrected chi connectivity index (χ2v) is 3.76. The molecule has 0 saturated carbocycles. The highest BCUT2D eigenvalue weighted by atomic mass is 16.1. The Morgan fingerprint density at radius 2 is 2.07 bits per heavy atom. The quantitative estimate of drug-likeness (QED) is 0.529. The van der Waals surface area contributed by atoms with Crippen molar-refractivity contribution in [1.82, 2.24) is 4.90 Å². The summed E-state index contributed by atoms with van der Waals surface area (Å²) >= 11 is 0. The van der Waals surface area contributed by atoms with Gasteiger partial charge in [0.05, 0.1) is 6.41 Å². The van der Waals surface area contributed by atoms with Gasteiger partial charge in [0.25, 0.3) is 0 Å². The number of amides is 1. The van der Waals surface area contributed by atoms with Crippen molar-refractivity contribution in [2.45, 2.75) is 6.42 Å². The Labute approximate surface area is 91.3 Å². The molecule has 1 amide bonds. The molecule has 82 valence electrons. The van der Waals surface area contributed by atoms with Crippen LogP contribution in [0.4, 0.5) is 5.69 Å². The van der Waals surface area contributed by atoms with Crippen molar-refractivity contribution in [3.05, 3.63) is 29.8 Å². The van der Waals surface area contributed by atoms with Crippen LogP contribution < -0.4 is 4.90 Å². The highest BCUT2D eigenvalue weighted by molar-refractivity contribution is 5.74. The molecule has 1 rings (SSSR count). The van der Waals surface area contributed by atoms with Crippen molar-refractivity contribution in [3.8, 4) is 0 Å². The standard InChI is InChI=1S/C12H16N2O/c1-13(2)8-7-11-5-4-6-12(9-11)14(3)10-15/h4-6H,7-8H2,1-3H3/q-2. The van der Waals surface area contributed by atoms with Gasteiger partial charge < -0.3 is 14.6 Å². The van der Waals surface area contributed by atoms with E-state index in [4.69, 9.17) is 0 Å². The topological polar surface area (TPSA) is 23.6 Å². The maximum Gasteiger partial charge on any atom is 0.0701 e. The minimum absolute atomic E-state index is 0.765. The Bertz CT molecular complexity index is 323. The van der Waals surface area contributed by atoms with E-state index in [0.717, 1.165) is 24.2 Å². The highest BCUT2D eigenvalue weighted by Crippen LogP contribution is 2.12. The SMILES string of the molecule is CN(C)CCc1[c-]c(N(C)[C-]=O)ccc1. The lowest BCUT2D eigenvalue weighted by molar-refractivity contribution is 0.413. The van der Waals surface area contributed by atoms with Gasteiger partial charge in [0.2, 0.25) is 0 Å². The van der Waals surface area contributed by atoms with Crippen LogP contribution in [-0.2, 0) is 11.2 Å². The molecule has 0 aliphatic rings. The van der Waals surface area contributed by atoms with Crippen LogP contribution in [0.2, 0.25) is 0 Å². The van der Waals surface area contributed by atoms with Gasteiger partial charge in [-0.15, -0.1) is 0 Å². The first kappa shape index (κ1) is 11.7. The lowest BCUT2D eigenvalue weighted by Crippen LogP contribution is -2.16. The number of benzene rings is 1. The van der Waals surface area contributed by atoms with Gasteiger partial charge in [0.1, 0.15) is 0 Å². The summed E-state index contributed by atoms with van der Waals surface area (Å²) < 4.78 is 0. The van der Waals surface area contributed by atoms with Crippen LogP contribution in [0.5, 0.6) is 0 Å². The lowest BCUT2D eigenvalue weighted by Gasteiger charge is -2.29. The normalized spacial score (nSPS) is 10.4. The number of likely N-dealkylation sites (N-methyl/N-ethyl adjacent to an activating group) is 1. The Hall–Kier alpha value is -1.35. The fraction of sp³-hybridized carbons (Fsp3) is 0.417. The lowest BCUT2D eigenvalue weighted by atomic mass is 10.1. The Morgan fingerprint density at radius 3 is 2.67 bits per heavy atom. The summed E-state index contributed by atoms with van der Waals surface area (Å²) in [6, 6.07) is 8.99. The number of hydrogen-bond donors (Lipinski definition) is 0. The van der Waals surface area contributed by atoms with E-state index in [-0.39, 0.29) is 0 Å². The third-order valence-electron chi connectivity index (χ3n) is 2.17. The van der Waals surface area contributed by atoms with Gasteiger partial charge in [0.15, 0.2) is 0 Å². The largest absolute Gasteiger partial charge is 0.501 e. The zero-order chi connectivity index (χ0) is 11.3. The summed E-state index contributed by atoms with van der Waals surface area (Å²) in [5, 5.41) is 0. The van der Waals surface area contributed by atoms with E-state index in [1.54, 1.807) is 7.05 Å². The van der Waals surface area contributed by atoms with Gasteiger partial charge >= 0.3 is 0 Å². The van der Waals surface area contributed by atoms with E-state index >= 15 is 0 Å². The molecule has 0 unspecified atom stereocenters. The molecule has 1 aromatic rings. The summed E-state index contributed by atoms with van der Waals surface area (Å²) in [6.07, 6.45) is 2.75. The van der Waals surface area contributed by atoms with Crippen molar-refractivity contribution in [2.24, 2.45) is 0 Å². The molecule has 0 aromatic heterocycles. The van der Waals surface area contributed by atoms with Gasteiger partial charge in [-0.25, -0.2) is 11.8 Å². The van der Waals surface area contributed by atoms with Gasteiger partial charge in [-0.2, -0.15) is 17.7 Å². The highest BCUT2D eigenvalue weighted by Gasteiger charge is 1.89. The van der Waals surface area contributed by atoms with Crippen molar-refractivity contribution in [3.63, 3.8) is 0 Å². The minimum atomic E-state index is 0.765. The summed E-state index contributed by atoms with van der Waals surface area (Å²) in [7, 11) is 5.75. The zero-order valence-electron chi connectivity index (χ0n) is 9.45. The Morgan fingerprint density at radius 1 is 1.33 bits per heavy atom. The molecule has 0 atom stereocenters. The molecule has 0 aliphatic carbocycles. The van der Waals surface area contributed by atoms with E-state index in [1.807, 2.05) is 38.7 Å². The van der Waals surface area contributed by atoms with Crippen LogP contribution in [0.3, 0.4) is 0 Å². The number of hydrogen-bond acceptors (Lipinski definition) is 2. The molecule has 3 heteroatoms. The average molecular weight is 204 g/mol. The molecule has 0 bridgehead atoms. The van der Waals surface area contributed by atoms with Gasteiger partial charge in [-0.1, -0.05) is 0 Å². The van der Waals surface area contributed by atoms with E-state index in [9.17, 15) is 4.79 Å². The molecule has 0 saturated heterocycles. The first-order valence-corrected chi connectivity index (χ1v) is 4.91. The van der Waals surface area contributed by atoms with E-state index < -0.39 is 0 Å². The molecule has 0 fully saturated rings. The molecular weight excluding hydrogens is 188 g/mol. The van der Waals surface area contributed by atoms with E-state index in [2.05, 4.69) is 11.0 Å². The van der Waals surface area contributed by atoms with E-state index in [0.29, 0.717) is 0 Å². The van der Waals surface area contributed by atoms with Crippen LogP contribution >= 0.6 is 0 Å². The molecule has 0 heterocycles.